The first-order chi connectivity index (χ1) is 13.4. The minimum atomic E-state index is -0.604. The van der Waals surface area contributed by atoms with Crippen LogP contribution in [0.1, 0.15) is 27.2 Å². The van der Waals surface area contributed by atoms with Crippen LogP contribution in [0.15, 0.2) is 24.7 Å². The highest BCUT2D eigenvalue weighted by atomic mass is 16.5. The Morgan fingerprint density at radius 1 is 1.36 bits per heavy atom. The predicted molar refractivity (Wildman–Crippen MR) is 106 cm³/mol. The van der Waals surface area contributed by atoms with Crippen LogP contribution in [-0.2, 0) is 9.53 Å². The van der Waals surface area contributed by atoms with Crippen molar-refractivity contribution in [2.24, 2.45) is 0 Å². The van der Waals surface area contributed by atoms with Crippen molar-refractivity contribution in [1.82, 2.24) is 15.0 Å². The summed E-state index contributed by atoms with van der Waals surface area (Å²) < 4.78 is 4.67. The number of methoxy groups -OCH3 is 1. The number of hydrogen-bond donors (Lipinski definition) is 1. The zero-order valence-corrected chi connectivity index (χ0v) is 16.6. The maximum Gasteiger partial charge on any atom is 0.411 e. The Morgan fingerprint density at radius 2 is 2.11 bits per heavy atom. The Balaban J connectivity index is 2.13. The van der Waals surface area contributed by atoms with Gasteiger partial charge in [0.25, 0.3) is 0 Å². The Morgan fingerprint density at radius 3 is 2.75 bits per heavy atom. The number of hydrogen-bond acceptors (Lipinski definition) is 7. The molecule has 2 aromatic rings. The first-order valence-electron chi connectivity index (χ1n) is 9.11. The van der Waals surface area contributed by atoms with E-state index in [9.17, 15) is 9.59 Å². The van der Waals surface area contributed by atoms with Crippen molar-refractivity contribution in [3.8, 4) is 11.4 Å². The molecule has 0 spiro atoms. The van der Waals surface area contributed by atoms with Gasteiger partial charge in [0.2, 0.25) is 5.91 Å². The van der Waals surface area contributed by atoms with E-state index in [4.69, 9.17) is 4.98 Å². The number of nitrogens with one attached hydrogen (secondary N) is 1. The number of pyridine rings is 1. The van der Waals surface area contributed by atoms with E-state index in [0.29, 0.717) is 35.0 Å². The highest BCUT2D eigenvalue weighted by Gasteiger charge is 2.38. The van der Waals surface area contributed by atoms with Gasteiger partial charge in [-0.1, -0.05) is 6.92 Å². The summed E-state index contributed by atoms with van der Waals surface area (Å²) in [6.07, 6.45) is 4.82. The number of ether oxygens (including phenoxy) is 1. The third-order valence-corrected chi connectivity index (χ3v) is 4.73. The first kappa shape index (κ1) is 19.5. The Hall–Kier alpha value is -3.23. The van der Waals surface area contributed by atoms with Gasteiger partial charge in [0.05, 0.1) is 25.2 Å². The van der Waals surface area contributed by atoms with Gasteiger partial charge in [0.15, 0.2) is 11.6 Å². The summed E-state index contributed by atoms with van der Waals surface area (Å²) in [5, 5.41) is 2.63. The van der Waals surface area contributed by atoms with Crippen molar-refractivity contribution >= 4 is 29.2 Å². The molecule has 1 aliphatic heterocycles. The summed E-state index contributed by atoms with van der Waals surface area (Å²) in [7, 11) is 3.03. The van der Waals surface area contributed by atoms with Crippen LogP contribution in [0.5, 0.6) is 0 Å². The molecule has 0 saturated heterocycles. The normalized spacial score (nSPS) is 16.2. The average molecular weight is 384 g/mol. The molecular weight excluding hydrogens is 360 g/mol. The van der Waals surface area contributed by atoms with E-state index >= 15 is 0 Å². The minimum absolute atomic E-state index is 0.0250. The van der Waals surface area contributed by atoms with Crippen molar-refractivity contribution < 1.29 is 14.3 Å². The maximum absolute atomic E-state index is 12.8. The summed E-state index contributed by atoms with van der Waals surface area (Å²) in [5.74, 6) is 1.14. The molecule has 0 saturated carbocycles. The predicted octanol–water partition coefficient (Wildman–Crippen LogP) is 2.69. The quantitative estimate of drug-likeness (QED) is 0.865. The fourth-order valence-electron chi connectivity index (χ4n) is 3.36. The molecule has 148 valence electrons. The highest BCUT2D eigenvalue weighted by molar-refractivity contribution is 6.04. The smallest absolute Gasteiger partial charge is 0.411 e. The molecule has 1 unspecified atom stereocenters. The molecule has 2 amide bonds. The van der Waals surface area contributed by atoms with Crippen LogP contribution in [0, 0.1) is 0 Å². The van der Waals surface area contributed by atoms with Crippen LogP contribution in [0.3, 0.4) is 0 Å². The molecule has 0 fully saturated rings. The maximum atomic E-state index is 12.8. The topological polar surface area (TPSA) is 101 Å². The number of rotatable bonds is 4. The number of carbonyl (C=O) groups excluding carboxylic acids is 2. The summed E-state index contributed by atoms with van der Waals surface area (Å²) in [6, 6.07) is 1.52. The van der Waals surface area contributed by atoms with E-state index in [0.717, 1.165) is 0 Å². The fourth-order valence-corrected chi connectivity index (χ4v) is 3.36. The van der Waals surface area contributed by atoms with E-state index < -0.39 is 6.09 Å². The number of amides is 2. The summed E-state index contributed by atoms with van der Waals surface area (Å²) in [6.45, 7) is 6.05. The lowest BCUT2D eigenvalue weighted by Crippen LogP contribution is -2.54. The van der Waals surface area contributed by atoms with E-state index in [1.807, 2.05) is 25.7 Å². The average Bonchev–Trinajstić information content (AvgIpc) is 2.70. The van der Waals surface area contributed by atoms with Crippen molar-refractivity contribution in [3.63, 3.8) is 0 Å². The van der Waals surface area contributed by atoms with Crippen LogP contribution < -0.4 is 15.1 Å². The van der Waals surface area contributed by atoms with Crippen molar-refractivity contribution in [3.05, 3.63) is 24.7 Å². The molecular formula is C19H24N6O3. The molecule has 1 N–H and O–H groups in total. The third-order valence-electron chi connectivity index (χ3n) is 4.73. The number of fused-ring (bicyclic) bond motifs is 1. The fraction of sp³-hybridized carbons (Fsp3) is 0.421. The monoisotopic (exact) mass is 384 g/mol. The number of aromatic nitrogens is 3. The summed E-state index contributed by atoms with van der Waals surface area (Å²) in [4.78, 5) is 41.3. The Kier molecular flexibility index (Phi) is 5.43. The number of nitrogens with zero attached hydrogens (tertiary/aromatic N) is 5. The molecule has 9 heteroatoms. The summed E-state index contributed by atoms with van der Waals surface area (Å²) >= 11 is 0. The minimum Gasteiger partial charge on any atom is -0.453 e. The Bertz CT molecular complexity index is 901. The Labute approximate surface area is 163 Å². The zero-order valence-electron chi connectivity index (χ0n) is 16.6. The van der Waals surface area contributed by atoms with Gasteiger partial charge in [-0.3, -0.25) is 15.1 Å². The van der Waals surface area contributed by atoms with Crippen LogP contribution >= 0.6 is 0 Å². The molecule has 0 radical (unpaired) electrons. The van der Waals surface area contributed by atoms with Gasteiger partial charge in [-0.2, -0.15) is 0 Å². The van der Waals surface area contributed by atoms with Crippen LogP contribution in [0.25, 0.3) is 11.4 Å². The second kappa shape index (κ2) is 7.79. The molecule has 3 heterocycles. The summed E-state index contributed by atoms with van der Waals surface area (Å²) in [5.41, 5.74) is 1.71. The zero-order chi connectivity index (χ0) is 20.4. The van der Waals surface area contributed by atoms with Crippen molar-refractivity contribution in [2.75, 3.05) is 29.3 Å². The van der Waals surface area contributed by atoms with Gasteiger partial charge >= 0.3 is 6.09 Å². The van der Waals surface area contributed by atoms with Crippen LogP contribution in [-0.4, -0.2) is 53.2 Å². The molecule has 1 atom stereocenters. The van der Waals surface area contributed by atoms with E-state index in [1.165, 1.54) is 13.3 Å². The molecule has 9 nitrogen and oxygen atoms in total. The lowest BCUT2D eigenvalue weighted by molar-refractivity contribution is -0.120. The molecule has 3 rings (SSSR count). The molecule has 0 aliphatic carbocycles. The van der Waals surface area contributed by atoms with Gasteiger partial charge in [-0.15, -0.1) is 0 Å². The molecule has 0 bridgehead atoms. The van der Waals surface area contributed by atoms with Gasteiger partial charge in [-0.05, 0) is 26.3 Å². The first-order valence-corrected chi connectivity index (χ1v) is 9.11. The second-order valence-corrected chi connectivity index (χ2v) is 6.76. The lowest BCUT2D eigenvalue weighted by Gasteiger charge is -2.42. The van der Waals surface area contributed by atoms with E-state index in [2.05, 4.69) is 20.0 Å². The van der Waals surface area contributed by atoms with E-state index in [1.54, 1.807) is 30.4 Å². The van der Waals surface area contributed by atoms with Gasteiger partial charge in [0, 0.05) is 24.8 Å². The SMILES string of the molecule is CCC1C(=O)N(C)c2cnc(-c3ccncc3NC(=O)OC)nc2N1C(C)C. The molecule has 28 heavy (non-hydrogen) atoms. The van der Waals surface area contributed by atoms with Crippen LogP contribution in [0.2, 0.25) is 0 Å². The van der Waals surface area contributed by atoms with Gasteiger partial charge in [0.1, 0.15) is 11.7 Å². The molecule has 0 aromatic carbocycles. The second-order valence-electron chi connectivity index (χ2n) is 6.76. The van der Waals surface area contributed by atoms with Gasteiger partial charge in [-0.25, -0.2) is 14.8 Å². The van der Waals surface area contributed by atoms with E-state index in [-0.39, 0.29) is 18.0 Å². The number of carbonyl (C=O) groups is 2. The largest absolute Gasteiger partial charge is 0.453 e. The van der Waals surface area contributed by atoms with Crippen LogP contribution in [0.4, 0.5) is 22.0 Å². The number of likely N-dealkylation sites (N-methyl/N-ethyl adjacent to an activating group) is 1. The molecule has 2 aromatic heterocycles. The molecule has 1 aliphatic rings. The number of anilines is 3. The van der Waals surface area contributed by atoms with Gasteiger partial charge < -0.3 is 14.5 Å². The standard InChI is InChI=1S/C19H24N6O3/c1-6-14-18(26)24(4)15-10-21-16(23-17(15)25(14)11(2)3)12-7-8-20-9-13(12)22-19(27)28-5/h7-11,14H,6H2,1-5H3,(H,22,27). The highest BCUT2D eigenvalue weighted by Crippen LogP contribution is 2.37. The van der Waals surface area contributed by atoms with Crippen molar-refractivity contribution in [2.45, 2.75) is 39.3 Å². The third kappa shape index (κ3) is 3.35. The van der Waals surface area contributed by atoms with Crippen molar-refractivity contribution in [1.29, 1.82) is 0 Å². The lowest BCUT2D eigenvalue weighted by atomic mass is 10.1.